The van der Waals surface area contributed by atoms with E-state index in [4.69, 9.17) is 0 Å². The lowest BCUT2D eigenvalue weighted by atomic mass is 10.1. The highest BCUT2D eigenvalue weighted by Gasteiger charge is 2.05. The summed E-state index contributed by atoms with van der Waals surface area (Å²) < 4.78 is 2.17. The first-order chi connectivity index (χ1) is 10.7. The smallest absolute Gasteiger partial charge is 0.0544 e. The van der Waals surface area contributed by atoms with Gasteiger partial charge in [0.05, 0.1) is 5.69 Å². The van der Waals surface area contributed by atoms with E-state index in [-0.39, 0.29) is 0 Å². The number of benzene rings is 1. The van der Waals surface area contributed by atoms with E-state index in [1.54, 1.807) is 0 Å². The van der Waals surface area contributed by atoms with Crippen molar-refractivity contribution in [2.45, 2.75) is 26.4 Å². The fourth-order valence-electron chi connectivity index (χ4n) is 2.81. The van der Waals surface area contributed by atoms with E-state index >= 15 is 0 Å². The van der Waals surface area contributed by atoms with Gasteiger partial charge < -0.3 is 4.57 Å². The van der Waals surface area contributed by atoms with Crippen LogP contribution in [-0.2, 0) is 26.6 Å². The number of pyridine rings is 1. The average molecular weight is 293 g/mol. The van der Waals surface area contributed by atoms with Crippen LogP contribution in [0.5, 0.6) is 0 Å². The van der Waals surface area contributed by atoms with Crippen molar-refractivity contribution < 1.29 is 0 Å². The van der Waals surface area contributed by atoms with Crippen LogP contribution < -0.4 is 0 Å². The van der Waals surface area contributed by atoms with Gasteiger partial charge in [-0.2, -0.15) is 0 Å². The molecule has 0 radical (unpaired) electrons. The fourth-order valence-corrected chi connectivity index (χ4v) is 2.81. The summed E-state index contributed by atoms with van der Waals surface area (Å²) >= 11 is 0. The van der Waals surface area contributed by atoms with Gasteiger partial charge in [-0.25, -0.2) is 0 Å². The van der Waals surface area contributed by atoms with Gasteiger partial charge in [-0.3, -0.25) is 9.88 Å². The predicted molar refractivity (Wildman–Crippen MR) is 91.7 cm³/mol. The van der Waals surface area contributed by atoms with Crippen LogP contribution in [0.25, 0.3) is 10.9 Å². The third-order valence-corrected chi connectivity index (χ3v) is 4.13. The largest absolute Gasteiger partial charge is 0.351 e. The lowest BCUT2D eigenvalue weighted by Gasteiger charge is -2.16. The normalized spacial score (nSPS) is 11.5. The summed E-state index contributed by atoms with van der Waals surface area (Å²) in [5, 5.41) is 1.30. The van der Waals surface area contributed by atoms with E-state index in [1.165, 1.54) is 22.0 Å². The highest BCUT2D eigenvalue weighted by molar-refractivity contribution is 5.80. The molecule has 0 fully saturated rings. The molecule has 0 N–H and O–H groups in total. The number of aromatic nitrogens is 2. The maximum Gasteiger partial charge on any atom is 0.0544 e. The Labute approximate surface area is 132 Å². The van der Waals surface area contributed by atoms with Crippen LogP contribution >= 0.6 is 0 Å². The number of hydrogen-bond donors (Lipinski definition) is 0. The molecule has 0 saturated carbocycles. The van der Waals surface area contributed by atoms with Gasteiger partial charge in [-0.1, -0.05) is 25.1 Å². The molecule has 22 heavy (non-hydrogen) atoms. The van der Waals surface area contributed by atoms with Crippen molar-refractivity contribution >= 4 is 10.9 Å². The molecule has 0 aliphatic heterocycles. The van der Waals surface area contributed by atoms with Crippen LogP contribution in [0.3, 0.4) is 0 Å². The maximum atomic E-state index is 4.54. The minimum atomic E-state index is 0.870. The number of nitrogens with zero attached hydrogens (tertiary/aromatic N) is 3. The summed E-state index contributed by atoms with van der Waals surface area (Å²) in [7, 11) is 4.24. The minimum absolute atomic E-state index is 0.870. The van der Waals surface area contributed by atoms with Crippen molar-refractivity contribution in [3.8, 4) is 0 Å². The average Bonchev–Trinajstić information content (AvgIpc) is 2.89. The molecule has 2 aromatic heterocycles. The van der Waals surface area contributed by atoms with Gasteiger partial charge >= 0.3 is 0 Å². The van der Waals surface area contributed by atoms with Gasteiger partial charge in [0.2, 0.25) is 0 Å². The number of rotatable bonds is 5. The lowest BCUT2D eigenvalue weighted by Crippen LogP contribution is -2.18. The Balaban J connectivity index is 1.69. The van der Waals surface area contributed by atoms with E-state index in [9.17, 15) is 0 Å². The first-order valence-electron chi connectivity index (χ1n) is 7.82. The van der Waals surface area contributed by atoms with Crippen LogP contribution in [0.4, 0.5) is 0 Å². The molecular formula is C19H23N3. The highest BCUT2D eigenvalue weighted by Crippen LogP contribution is 2.18. The van der Waals surface area contributed by atoms with Gasteiger partial charge in [-0.15, -0.1) is 0 Å². The molecule has 0 amide bonds. The van der Waals surface area contributed by atoms with Crippen molar-refractivity contribution in [3.63, 3.8) is 0 Å². The first kappa shape index (κ1) is 14.8. The molecule has 0 aliphatic carbocycles. The molecule has 0 unspecified atom stereocenters. The van der Waals surface area contributed by atoms with Crippen LogP contribution in [0.2, 0.25) is 0 Å². The van der Waals surface area contributed by atoms with Crippen molar-refractivity contribution in [3.05, 3.63) is 65.6 Å². The molecule has 0 bridgehead atoms. The number of fused-ring (bicyclic) bond motifs is 1. The van der Waals surface area contributed by atoms with Crippen LogP contribution in [0.15, 0.2) is 48.8 Å². The second-order valence-corrected chi connectivity index (χ2v) is 6.00. The van der Waals surface area contributed by atoms with E-state index in [0.29, 0.717) is 0 Å². The van der Waals surface area contributed by atoms with E-state index in [1.807, 2.05) is 6.20 Å². The number of aryl methyl sites for hydroxylation is 2. The topological polar surface area (TPSA) is 21.1 Å². The molecule has 2 heterocycles. The lowest BCUT2D eigenvalue weighted by molar-refractivity contribution is 0.315. The Kier molecular flexibility index (Phi) is 4.25. The predicted octanol–water partition coefficient (Wildman–Crippen LogP) is 3.77. The van der Waals surface area contributed by atoms with E-state index in [2.05, 4.69) is 78.1 Å². The molecule has 114 valence electrons. The fraction of sp³-hybridized carbons (Fsp3) is 0.316. The summed E-state index contributed by atoms with van der Waals surface area (Å²) in [5.41, 5.74) is 5.04. The van der Waals surface area contributed by atoms with E-state index < -0.39 is 0 Å². The molecule has 0 aliphatic rings. The third-order valence-electron chi connectivity index (χ3n) is 4.13. The Bertz CT molecular complexity index is 756. The molecule has 0 saturated heterocycles. The van der Waals surface area contributed by atoms with Crippen molar-refractivity contribution in [1.82, 2.24) is 14.5 Å². The summed E-state index contributed by atoms with van der Waals surface area (Å²) in [6.07, 6.45) is 5.14. The molecule has 3 nitrogen and oxygen atoms in total. The monoisotopic (exact) mass is 293 g/mol. The zero-order chi connectivity index (χ0) is 15.5. The zero-order valence-corrected chi connectivity index (χ0v) is 13.6. The summed E-state index contributed by atoms with van der Waals surface area (Å²) in [6.45, 7) is 3.95. The molecule has 0 spiro atoms. The van der Waals surface area contributed by atoms with Gasteiger partial charge in [-0.05, 0) is 48.2 Å². The van der Waals surface area contributed by atoms with Gasteiger partial charge in [0.15, 0.2) is 0 Å². The quantitative estimate of drug-likeness (QED) is 0.714. The van der Waals surface area contributed by atoms with Crippen molar-refractivity contribution in [2.75, 3.05) is 7.05 Å². The highest BCUT2D eigenvalue weighted by atomic mass is 15.1. The SMILES string of the molecule is CCc1ccc(CN(C)Cc2ccc3ccn(C)c3c2)nc1. The Hall–Kier alpha value is -2.13. The first-order valence-corrected chi connectivity index (χ1v) is 7.82. The molecular weight excluding hydrogens is 270 g/mol. The second-order valence-electron chi connectivity index (χ2n) is 6.00. The zero-order valence-electron chi connectivity index (χ0n) is 13.6. The van der Waals surface area contributed by atoms with Gasteiger partial charge in [0.1, 0.15) is 0 Å². The van der Waals surface area contributed by atoms with Crippen LogP contribution in [0, 0.1) is 0 Å². The Morgan fingerprint density at radius 1 is 1.05 bits per heavy atom. The summed E-state index contributed by atoms with van der Waals surface area (Å²) in [4.78, 5) is 6.84. The van der Waals surface area contributed by atoms with Crippen LogP contribution in [-0.4, -0.2) is 21.5 Å². The summed E-state index contributed by atoms with van der Waals surface area (Å²) in [5.74, 6) is 0. The van der Waals surface area contributed by atoms with Gasteiger partial charge in [0, 0.05) is 38.0 Å². The van der Waals surface area contributed by atoms with Crippen molar-refractivity contribution in [2.24, 2.45) is 7.05 Å². The maximum absolute atomic E-state index is 4.54. The van der Waals surface area contributed by atoms with Crippen LogP contribution in [0.1, 0.15) is 23.7 Å². The molecule has 0 atom stereocenters. The van der Waals surface area contributed by atoms with Crippen molar-refractivity contribution in [1.29, 1.82) is 0 Å². The Morgan fingerprint density at radius 2 is 1.86 bits per heavy atom. The number of hydrogen-bond acceptors (Lipinski definition) is 2. The molecule has 1 aromatic carbocycles. The summed E-state index contributed by atoms with van der Waals surface area (Å²) in [6, 6.07) is 13.2. The molecule has 3 aromatic rings. The second kappa shape index (κ2) is 6.32. The minimum Gasteiger partial charge on any atom is -0.351 e. The van der Waals surface area contributed by atoms with Gasteiger partial charge in [0.25, 0.3) is 0 Å². The Morgan fingerprint density at radius 3 is 2.59 bits per heavy atom. The standard InChI is InChI=1S/C19H23N3/c1-4-15-6-8-18(20-12-15)14-21(2)13-16-5-7-17-9-10-22(3)19(17)11-16/h5-12H,4,13-14H2,1-3H3. The molecule has 3 rings (SSSR count). The third kappa shape index (κ3) is 3.20. The molecule has 3 heteroatoms. The van der Waals surface area contributed by atoms with E-state index in [0.717, 1.165) is 25.2 Å².